The molecule has 104 valence electrons. The molecule has 0 spiro atoms. The van der Waals surface area contributed by atoms with E-state index in [-0.39, 0.29) is 5.75 Å². The van der Waals surface area contributed by atoms with E-state index in [0.717, 1.165) is 0 Å². The Kier molecular flexibility index (Phi) is 4.48. The fourth-order valence-corrected chi connectivity index (χ4v) is 1.35. The lowest BCUT2D eigenvalue weighted by Gasteiger charge is -2.01. The molecule has 1 heterocycles. The molecular weight excluding hydrogens is 278 g/mol. The minimum atomic E-state index is -4.67. The van der Waals surface area contributed by atoms with Crippen molar-refractivity contribution < 1.29 is 32.3 Å². The number of carbonyl (C=O) groups is 1. The average Bonchev–Trinajstić information content (AvgIpc) is 2.54. The number of fused-ring (bicyclic) bond motifs is 1. The van der Waals surface area contributed by atoms with Gasteiger partial charge in [-0.3, -0.25) is 9.11 Å². The summed E-state index contributed by atoms with van der Waals surface area (Å²) in [6.45, 7) is 1.31. The molecule has 19 heavy (non-hydrogen) atoms. The first-order chi connectivity index (χ1) is 8.68. The van der Waals surface area contributed by atoms with Crippen LogP contribution in [0.4, 0.5) is 0 Å². The van der Waals surface area contributed by atoms with Gasteiger partial charge < -0.3 is 9.94 Å². The second kappa shape index (κ2) is 5.69. The normalized spacial score (nSPS) is 10.7. The highest BCUT2D eigenvalue weighted by Crippen LogP contribution is 2.25. The van der Waals surface area contributed by atoms with Gasteiger partial charge in [0.2, 0.25) is 0 Å². The van der Waals surface area contributed by atoms with Crippen molar-refractivity contribution in [3.8, 4) is 5.75 Å². The summed E-state index contributed by atoms with van der Waals surface area (Å²) in [7, 11) is -4.67. The summed E-state index contributed by atoms with van der Waals surface area (Å²) in [4.78, 5) is 15.6. The first-order valence-electron chi connectivity index (χ1n) is 4.86. The Hall–Kier alpha value is -2.10. The summed E-state index contributed by atoms with van der Waals surface area (Å²) in [5.74, 6) is -0.326. The van der Waals surface area contributed by atoms with Crippen LogP contribution in [0, 0.1) is 0 Å². The second-order valence-electron chi connectivity index (χ2n) is 3.39. The standard InChI is InChI=1S/C10H9NO3.H2O4S/c1-7(12)14-11-6-10(13)8-4-2-3-5-9(8)11;1-5(2,3)4/h2-6,13H,1H3;(H2,1,2,3,4). The van der Waals surface area contributed by atoms with Gasteiger partial charge in [-0.25, -0.2) is 4.79 Å². The summed E-state index contributed by atoms with van der Waals surface area (Å²) in [6.07, 6.45) is 1.37. The van der Waals surface area contributed by atoms with E-state index in [2.05, 4.69) is 0 Å². The lowest BCUT2D eigenvalue weighted by Crippen LogP contribution is -2.14. The van der Waals surface area contributed by atoms with Gasteiger partial charge in [-0.2, -0.15) is 13.1 Å². The third-order valence-corrected chi connectivity index (χ3v) is 1.88. The van der Waals surface area contributed by atoms with E-state index in [1.807, 2.05) is 6.07 Å². The molecule has 0 aliphatic heterocycles. The number of benzene rings is 1. The fraction of sp³-hybridized carbons (Fsp3) is 0.100. The molecule has 0 aliphatic carbocycles. The Balaban J connectivity index is 0.000000312. The minimum absolute atomic E-state index is 0.0989. The van der Waals surface area contributed by atoms with Crippen molar-refractivity contribution in [2.24, 2.45) is 0 Å². The van der Waals surface area contributed by atoms with E-state index in [1.165, 1.54) is 17.9 Å². The second-order valence-corrected chi connectivity index (χ2v) is 4.28. The predicted octanol–water partition coefficient (Wildman–Crippen LogP) is 0.669. The number of nitrogens with zero attached hydrogens (tertiary/aromatic N) is 1. The highest BCUT2D eigenvalue weighted by Gasteiger charge is 2.08. The van der Waals surface area contributed by atoms with E-state index in [1.54, 1.807) is 18.2 Å². The van der Waals surface area contributed by atoms with Gasteiger partial charge in [-0.15, -0.1) is 0 Å². The summed E-state index contributed by atoms with van der Waals surface area (Å²) in [6, 6.07) is 7.13. The predicted molar refractivity (Wildman–Crippen MR) is 65.0 cm³/mol. The van der Waals surface area contributed by atoms with Crippen LogP contribution in [-0.4, -0.2) is 33.3 Å². The van der Waals surface area contributed by atoms with Gasteiger partial charge in [0, 0.05) is 12.3 Å². The Labute approximate surface area is 108 Å². The Morgan fingerprint density at radius 2 is 1.79 bits per heavy atom. The number of carbonyl (C=O) groups excluding carboxylic acids is 1. The SMILES string of the molecule is CC(=O)On1cc(O)c2ccccc21.O=S(=O)(O)O. The smallest absolute Gasteiger partial charge is 0.394 e. The third kappa shape index (κ3) is 4.95. The first-order valence-corrected chi connectivity index (χ1v) is 6.26. The number of rotatable bonds is 1. The summed E-state index contributed by atoms with van der Waals surface area (Å²) in [5, 5.41) is 10.2. The molecule has 0 aliphatic rings. The zero-order valence-electron chi connectivity index (χ0n) is 9.72. The van der Waals surface area contributed by atoms with Crippen molar-refractivity contribution in [3.63, 3.8) is 0 Å². The van der Waals surface area contributed by atoms with Crippen molar-refractivity contribution in [2.75, 3.05) is 0 Å². The molecule has 0 saturated carbocycles. The highest BCUT2D eigenvalue weighted by molar-refractivity contribution is 7.79. The van der Waals surface area contributed by atoms with E-state index < -0.39 is 16.4 Å². The molecular formula is C10H11NO7S. The van der Waals surface area contributed by atoms with Crippen LogP contribution in [0.15, 0.2) is 30.5 Å². The Morgan fingerprint density at radius 3 is 2.32 bits per heavy atom. The summed E-state index contributed by atoms with van der Waals surface area (Å²) < 4.78 is 32.8. The molecule has 0 radical (unpaired) electrons. The van der Waals surface area contributed by atoms with E-state index in [0.29, 0.717) is 10.9 Å². The van der Waals surface area contributed by atoms with Crippen molar-refractivity contribution >= 4 is 27.3 Å². The molecule has 1 aromatic heterocycles. The van der Waals surface area contributed by atoms with Gasteiger partial charge in [0.25, 0.3) is 0 Å². The zero-order valence-corrected chi connectivity index (χ0v) is 10.5. The maximum atomic E-state index is 10.7. The zero-order chi connectivity index (χ0) is 14.6. The van der Waals surface area contributed by atoms with E-state index >= 15 is 0 Å². The van der Waals surface area contributed by atoms with Crippen LogP contribution < -0.4 is 4.84 Å². The highest BCUT2D eigenvalue weighted by atomic mass is 32.3. The fourth-order valence-electron chi connectivity index (χ4n) is 1.35. The molecule has 0 bridgehead atoms. The lowest BCUT2D eigenvalue weighted by atomic mass is 10.2. The topological polar surface area (TPSA) is 126 Å². The van der Waals surface area contributed by atoms with Crippen molar-refractivity contribution in [1.29, 1.82) is 0 Å². The van der Waals surface area contributed by atoms with Gasteiger partial charge in [-0.1, -0.05) is 12.1 Å². The van der Waals surface area contributed by atoms with Crippen LogP contribution in [0.5, 0.6) is 5.75 Å². The molecule has 9 heteroatoms. The third-order valence-electron chi connectivity index (χ3n) is 1.88. The van der Waals surface area contributed by atoms with Gasteiger partial charge in [0.1, 0.15) is 5.75 Å². The van der Waals surface area contributed by atoms with Crippen LogP contribution in [-0.2, 0) is 15.2 Å². The molecule has 1 aromatic carbocycles. The largest absolute Gasteiger partial charge is 0.506 e. The average molecular weight is 289 g/mol. The lowest BCUT2D eigenvalue weighted by molar-refractivity contribution is -0.140. The van der Waals surface area contributed by atoms with Gasteiger partial charge in [0.15, 0.2) is 0 Å². The molecule has 2 aromatic rings. The molecule has 0 amide bonds. The molecule has 0 unspecified atom stereocenters. The Bertz CT molecular complexity index is 681. The summed E-state index contributed by atoms with van der Waals surface area (Å²) in [5.41, 5.74) is 0.667. The van der Waals surface area contributed by atoms with Gasteiger partial charge in [-0.05, 0) is 12.1 Å². The molecule has 0 saturated heterocycles. The molecule has 0 atom stereocenters. The van der Waals surface area contributed by atoms with Crippen LogP contribution in [0.3, 0.4) is 0 Å². The van der Waals surface area contributed by atoms with Gasteiger partial charge >= 0.3 is 16.4 Å². The van der Waals surface area contributed by atoms with Crippen molar-refractivity contribution in [3.05, 3.63) is 30.5 Å². The van der Waals surface area contributed by atoms with Crippen LogP contribution in [0.1, 0.15) is 6.92 Å². The van der Waals surface area contributed by atoms with Crippen LogP contribution in [0.2, 0.25) is 0 Å². The molecule has 8 nitrogen and oxygen atoms in total. The maximum absolute atomic E-state index is 10.7. The van der Waals surface area contributed by atoms with Crippen LogP contribution >= 0.6 is 0 Å². The van der Waals surface area contributed by atoms with Crippen LogP contribution in [0.25, 0.3) is 10.9 Å². The minimum Gasteiger partial charge on any atom is -0.506 e. The number of hydrogen-bond acceptors (Lipinski definition) is 5. The first kappa shape index (κ1) is 15.0. The van der Waals surface area contributed by atoms with Gasteiger partial charge in [0.05, 0.1) is 11.7 Å². The molecule has 2 rings (SSSR count). The van der Waals surface area contributed by atoms with E-state index in [4.69, 9.17) is 22.4 Å². The quantitative estimate of drug-likeness (QED) is 0.658. The number of aromatic hydroxyl groups is 1. The number of para-hydroxylation sites is 1. The number of hydrogen-bond donors (Lipinski definition) is 3. The molecule has 0 fully saturated rings. The maximum Gasteiger partial charge on any atom is 0.394 e. The van der Waals surface area contributed by atoms with Crippen molar-refractivity contribution in [2.45, 2.75) is 6.92 Å². The molecule has 3 N–H and O–H groups in total. The van der Waals surface area contributed by atoms with E-state index in [9.17, 15) is 9.90 Å². The number of aromatic nitrogens is 1. The Morgan fingerprint density at radius 1 is 1.26 bits per heavy atom. The summed E-state index contributed by atoms with van der Waals surface area (Å²) >= 11 is 0. The monoisotopic (exact) mass is 289 g/mol. The van der Waals surface area contributed by atoms with Crippen molar-refractivity contribution in [1.82, 2.24) is 4.73 Å².